The van der Waals surface area contributed by atoms with Crippen LogP contribution in [0.2, 0.25) is 5.02 Å². The van der Waals surface area contributed by atoms with Crippen LogP contribution in [-0.2, 0) is 10.0 Å². The minimum atomic E-state index is -3.91. The predicted octanol–water partition coefficient (Wildman–Crippen LogP) is 5.66. The molecule has 10 heteroatoms. The number of benzene rings is 3. The molecular weight excluding hydrogens is 460 g/mol. The Morgan fingerprint density at radius 2 is 1.58 bits per heavy atom. The van der Waals surface area contributed by atoms with Gasteiger partial charge >= 0.3 is 0 Å². The lowest BCUT2D eigenvalue weighted by molar-refractivity contribution is 0.594. The topological polar surface area (TPSA) is 106 Å². The largest absolute Gasteiger partial charge is 0.382 e. The van der Waals surface area contributed by atoms with Crippen LogP contribution in [0.3, 0.4) is 0 Å². The smallest absolute Gasteiger partial charge is 0.266 e. The zero-order chi connectivity index (χ0) is 23.6. The summed E-state index contributed by atoms with van der Waals surface area (Å²) in [5.74, 6) is 0.307. The van der Waals surface area contributed by atoms with Crippen LogP contribution in [0.4, 0.5) is 22.9 Å². The summed E-state index contributed by atoms with van der Waals surface area (Å²) in [5, 5.41) is 13.4. The van der Waals surface area contributed by atoms with Crippen LogP contribution in [0.25, 0.3) is 5.69 Å². The van der Waals surface area contributed by atoms with Gasteiger partial charge in [0.1, 0.15) is 10.6 Å². The van der Waals surface area contributed by atoms with E-state index in [0.717, 1.165) is 5.69 Å². The second-order valence-corrected chi connectivity index (χ2v) is 9.56. The molecule has 4 aromatic rings. The molecule has 2 N–H and O–H groups in total. The molecule has 0 radical (unpaired) electrons. The Bertz CT molecular complexity index is 1420. The van der Waals surface area contributed by atoms with Crippen molar-refractivity contribution in [1.82, 2.24) is 9.78 Å². The van der Waals surface area contributed by atoms with Gasteiger partial charge in [0.15, 0.2) is 11.5 Å². The number of rotatable bonds is 6. The van der Waals surface area contributed by atoms with Crippen molar-refractivity contribution in [2.75, 3.05) is 17.1 Å². The fourth-order valence-corrected chi connectivity index (χ4v) is 4.67. The van der Waals surface area contributed by atoms with Crippen molar-refractivity contribution in [2.45, 2.75) is 11.8 Å². The summed E-state index contributed by atoms with van der Waals surface area (Å²) in [6.07, 6.45) is 0. The van der Waals surface area contributed by atoms with E-state index >= 15 is 0 Å². The van der Waals surface area contributed by atoms with Gasteiger partial charge in [-0.05, 0) is 55.5 Å². The van der Waals surface area contributed by atoms with Gasteiger partial charge in [0, 0.05) is 12.1 Å². The second-order valence-electron chi connectivity index (χ2n) is 7.18. The van der Waals surface area contributed by atoms with Crippen LogP contribution < -0.4 is 10.0 Å². The number of halogens is 1. The molecule has 4 rings (SSSR count). The van der Waals surface area contributed by atoms with E-state index in [2.05, 4.69) is 15.3 Å². The fourth-order valence-electron chi connectivity index (χ4n) is 3.23. The summed E-state index contributed by atoms with van der Waals surface area (Å²) >= 11 is 5.93. The lowest BCUT2D eigenvalue weighted by Gasteiger charge is -2.20. The number of hydrogen-bond acceptors (Lipinski definition) is 6. The Morgan fingerprint density at radius 1 is 0.939 bits per heavy atom. The first kappa shape index (κ1) is 22.5. The van der Waals surface area contributed by atoms with E-state index in [-0.39, 0.29) is 10.6 Å². The summed E-state index contributed by atoms with van der Waals surface area (Å²) in [6, 6.07) is 22.3. The molecule has 0 unspecified atom stereocenters. The first-order chi connectivity index (χ1) is 15.8. The molecular formula is C23H21ClN6O2S. The number of sulfonamides is 1. The average molecular weight is 481 g/mol. The second kappa shape index (κ2) is 9.05. The highest BCUT2D eigenvalue weighted by Crippen LogP contribution is 2.34. The van der Waals surface area contributed by atoms with Gasteiger partial charge in [-0.2, -0.15) is 5.10 Å². The zero-order valence-corrected chi connectivity index (χ0v) is 19.5. The van der Waals surface area contributed by atoms with E-state index in [1.54, 1.807) is 54.1 Å². The highest BCUT2D eigenvalue weighted by Gasteiger charge is 2.24. The number of nitrogens with zero attached hydrogens (tertiary/aromatic N) is 5. The number of aryl methyl sites for hydroxylation is 1. The highest BCUT2D eigenvalue weighted by atomic mass is 35.5. The highest BCUT2D eigenvalue weighted by molar-refractivity contribution is 7.93. The lowest BCUT2D eigenvalue weighted by Crippen LogP contribution is -2.26. The minimum absolute atomic E-state index is 0.0119. The molecule has 0 bridgehead atoms. The minimum Gasteiger partial charge on any atom is -0.382 e. The Labute approximate surface area is 197 Å². The zero-order valence-electron chi connectivity index (χ0n) is 17.9. The maximum Gasteiger partial charge on any atom is 0.266 e. The van der Waals surface area contributed by atoms with Crippen molar-refractivity contribution < 1.29 is 8.42 Å². The number of nitrogen functional groups attached to an aromatic ring is 1. The van der Waals surface area contributed by atoms with Crippen molar-refractivity contribution >= 4 is 44.5 Å². The Morgan fingerprint density at radius 3 is 2.27 bits per heavy atom. The number of nitrogens with two attached hydrogens (primary N) is 1. The molecule has 0 amide bonds. The average Bonchev–Trinajstić information content (AvgIpc) is 3.11. The van der Waals surface area contributed by atoms with Gasteiger partial charge in [-0.25, -0.2) is 13.1 Å². The maximum absolute atomic E-state index is 13.3. The third-order valence-corrected chi connectivity index (χ3v) is 7.10. The summed E-state index contributed by atoms with van der Waals surface area (Å²) < 4.78 is 29.4. The van der Waals surface area contributed by atoms with Crippen molar-refractivity contribution in [2.24, 2.45) is 10.2 Å². The molecule has 33 heavy (non-hydrogen) atoms. The fraction of sp³-hybridized carbons (Fsp3) is 0.0870. The van der Waals surface area contributed by atoms with Crippen LogP contribution in [0, 0.1) is 6.92 Å². The van der Waals surface area contributed by atoms with Gasteiger partial charge in [-0.1, -0.05) is 41.9 Å². The molecule has 0 aliphatic heterocycles. The molecule has 1 heterocycles. The van der Waals surface area contributed by atoms with E-state index in [1.807, 2.05) is 30.3 Å². The molecule has 3 aromatic carbocycles. The molecule has 0 saturated heterocycles. The summed E-state index contributed by atoms with van der Waals surface area (Å²) in [7, 11) is -2.44. The number of azo groups is 1. The first-order valence-electron chi connectivity index (χ1n) is 9.95. The number of aromatic nitrogens is 2. The number of hydrogen-bond donors (Lipinski definition) is 1. The van der Waals surface area contributed by atoms with Crippen LogP contribution in [0.15, 0.2) is 94.0 Å². The molecule has 0 spiro atoms. The normalized spacial score (nSPS) is 11.7. The molecule has 0 atom stereocenters. The van der Waals surface area contributed by atoms with Gasteiger partial charge in [0.2, 0.25) is 0 Å². The maximum atomic E-state index is 13.3. The van der Waals surface area contributed by atoms with Crippen molar-refractivity contribution in [1.29, 1.82) is 0 Å². The molecule has 0 saturated carbocycles. The van der Waals surface area contributed by atoms with Gasteiger partial charge in [-0.3, -0.25) is 4.31 Å². The van der Waals surface area contributed by atoms with Gasteiger partial charge in [-0.15, -0.1) is 10.2 Å². The van der Waals surface area contributed by atoms with E-state index in [1.165, 1.54) is 17.4 Å². The summed E-state index contributed by atoms with van der Waals surface area (Å²) in [5.41, 5.74) is 8.65. The van der Waals surface area contributed by atoms with E-state index in [0.29, 0.717) is 27.9 Å². The SMILES string of the molecule is Cc1nn(-c2ccccc2)c(N)c1/N=N/c1ccccc1S(=O)(=O)N(C)c1ccc(Cl)cc1. The van der Waals surface area contributed by atoms with Crippen LogP contribution in [0.1, 0.15) is 5.69 Å². The molecule has 1 aromatic heterocycles. The van der Waals surface area contributed by atoms with E-state index in [4.69, 9.17) is 17.3 Å². The number of anilines is 2. The molecule has 168 valence electrons. The standard InChI is InChI=1S/C23H21ClN6O2S/c1-16-22(23(25)30(28-16)19-8-4-3-5-9-19)27-26-20-10-6-7-11-21(20)33(31,32)29(2)18-14-12-17(24)13-15-18/h3-15H,25H2,1-2H3/b27-26+. The van der Waals surface area contributed by atoms with Crippen molar-refractivity contribution in [3.05, 3.63) is 89.6 Å². The van der Waals surface area contributed by atoms with E-state index in [9.17, 15) is 8.42 Å². The Balaban J connectivity index is 1.70. The lowest BCUT2D eigenvalue weighted by atomic mass is 10.3. The van der Waals surface area contributed by atoms with Crippen LogP contribution in [-0.4, -0.2) is 25.2 Å². The monoisotopic (exact) mass is 480 g/mol. The van der Waals surface area contributed by atoms with Crippen molar-refractivity contribution in [3.8, 4) is 5.69 Å². The Kier molecular flexibility index (Phi) is 6.17. The van der Waals surface area contributed by atoms with Crippen LogP contribution in [0.5, 0.6) is 0 Å². The molecule has 0 fully saturated rings. The molecule has 0 aliphatic rings. The first-order valence-corrected chi connectivity index (χ1v) is 11.8. The van der Waals surface area contributed by atoms with Gasteiger partial charge < -0.3 is 5.73 Å². The Hall–Kier alpha value is -3.69. The summed E-state index contributed by atoms with van der Waals surface area (Å²) in [6.45, 7) is 1.76. The molecule has 0 aliphatic carbocycles. The third kappa shape index (κ3) is 4.46. The van der Waals surface area contributed by atoms with E-state index < -0.39 is 10.0 Å². The van der Waals surface area contributed by atoms with Gasteiger partial charge in [0.25, 0.3) is 10.0 Å². The van der Waals surface area contributed by atoms with Gasteiger partial charge in [0.05, 0.1) is 17.1 Å². The predicted molar refractivity (Wildman–Crippen MR) is 130 cm³/mol. The third-order valence-electron chi connectivity index (χ3n) is 5.02. The summed E-state index contributed by atoms with van der Waals surface area (Å²) in [4.78, 5) is 0.0119. The quantitative estimate of drug-likeness (QED) is 0.359. The van der Waals surface area contributed by atoms with Crippen molar-refractivity contribution in [3.63, 3.8) is 0 Å². The number of para-hydroxylation sites is 1. The van der Waals surface area contributed by atoms with Crippen LogP contribution >= 0.6 is 11.6 Å². The molecule has 8 nitrogen and oxygen atoms in total.